The molecule has 0 unspecified atom stereocenters. The van der Waals surface area contributed by atoms with Crippen molar-refractivity contribution in [2.75, 3.05) is 6.61 Å². The Morgan fingerprint density at radius 3 is 2.63 bits per heavy atom. The molecule has 0 aliphatic rings. The maximum atomic E-state index is 13.6. The molecule has 0 aliphatic heterocycles. The van der Waals surface area contributed by atoms with Gasteiger partial charge >= 0.3 is 0 Å². The normalized spacial score (nSPS) is 10.6. The summed E-state index contributed by atoms with van der Waals surface area (Å²) in [6, 6.07) is 4.62. The van der Waals surface area contributed by atoms with Crippen LogP contribution in [0.25, 0.3) is 0 Å². The minimum atomic E-state index is -0.502. The van der Waals surface area contributed by atoms with Crippen molar-refractivity contribution < 1.29 is 13.9 Å². The highest BCUT2D eigenvalue weighted by atomic mass is 19.1. The molecular formula is C14H21FN2O2. The maximum Gasteiger partial charge on any atom is 0.258 e. The number of halogens is 1. The molecule has 0 fully saturated rings. The molecule has 0 atom stereocenters. The second-order valence-corrected chi connectivity index (χ2v) is 4.34. The van der Waals surface area contributed by atoms with Gasteiger partial charge in [-0.1, -0.05) is 19.9 Å². The first-order valence-electron chi connectivity index (χ1n) is 6.51. The summed E-state index contributed by atoms with van der Waals surface area (Å²) in [5, 5.41) is 2.82. The summed E-state index contributed by atoms with van der Waals surface area (Å²) >= 11 is 0. The third-order valence-electron chi connectivity index (χ3n) is 2.94. The van der Waals surface area contributed by atoms with Crippen LogP contribution in [-0.4, -0.2) is 18.6 Å². The second-order valence-electron chi connectivity index (χ2n) is 4.34. The van der Waals surface area contributed by atoms with Gasteiger partial charge < -0.3 is 15.8 Å². The zero-order valence-electron chi connectivity index (χ0n) is 11.4. The van der Waals surface area contributed by atoms with Crippen LogP contribution in [0.1, 0.15) is 32.3 Å². The highest BCUT2D eigenvalue weighted by molar-refractivity contribution is 5.77. The fourth-order valence-electron chi connectivity index (χ4n) is 1.69. The maximum absolute atomic E-state index is 13.6. The molecule has 0 aliphatic carbocycles. The molecule has 0 bridgehead atoms. The summed E-state index contributed by atoms with van der Waals surface area (Å²) in [5.74, 6) is -0.675. The summed E-state index contributed by atoms with van der Waals surface area (Å²) in [6.45, 7) is 4.09. The van der Waals surface area contributed by atoms with E-state index in [0.29, 0.717) is 5.56 Å². The Morgan fingerprint density at radius 2 is 2.11 bits per heavy atom. The monoisotopic (exact) mass is 268 g/mol. The lowest BCUT2D eigenvalue weighted by Gasteiger charge is -2.15. The van der Waals surface area contributed by atoms with Crippen LogP contribution in [0, 0.1) is 5.82 Å². The smallest absolute Gasteiger partial charge is 0.258 e. The standard InChI is InChI=1S/C14H21FN2O2/c1-3-11(4-2)17-14(18)9-19-13-6-5-10(8-16)7-12(13)15/h5-7,11H,3-4,8-9,16H2,1-2H3,(H,17,18). The number of amides is 1. The van der Waals surface area contributed by atoms with E-state index in [-0.39, 0.29) is 30.9 Å². The van der Waals surface area contributed by atoms with E-state index in [0.717, 1.165) is 12.8 Å². The molecule has 1 aromatic carbocycles. The van der Waals surface area contributed by atoms with Gasteiger partial charge in [0.05, 0.1) is 0 Å². The van der Waals surface area contributed by atoms with Crippen LogP contribution in [-0.2, 0) is 11.3 Å². The Hall–Kier alpha value is -1.62. The average molecular weight is 268 g/mol. The highest BCUT2D eigenvalue weighted by Gasteiger charge is 2.10. The van der Waals surface area contributed by atoms with Gasteiger partial charge in [0.15, 0.2) is 18.2 Å². The largest absolute Gasteiger partial charge is 0.481 e. The number of hydrogen-bond donors (Lipinski definition) is 2. The van der Waals surface area contributed by atoms with Crippen LogP contribution in [0.2, 0.25) is 0 Å². The third kappa shape index (κ3) is 4.87. The Morgan fingerprint density at radius 1 is 1.42 bits per heavy atom. The number of benzene rings is 1. The molecule has 0 aromatic heterocycles. The molecule has 106 valence electrons. The Balaban J connectivity index is 2.50. The minimum absolute atomic E-state index is 0.0666. The molecule has 1 rings (SSSR count). The van der Waals surface area contributed by atoms with Gasteiger partial charge in [0.1, 0.15) is 0 Å². The van der Waals surface area contributed by atoms with Crippen molar-refractivity contribution in [2.24, 2.45) is 5.73 Å². The van der Waals surface area contributed by atoms with Crippen molar-refractivity contribution in [1.82, 2.24) is 5.32 Å². The minimum Gasteiger partial charge on any atom is -0.481 e. The number of ether oxygens (including phenoxy) is 1. The van der Waals surface area contributed by atoms with Gasteiger partial charge in [-0.25, -0.2) is 4.39 Å². The van der Waals surface area contributed by atoms with E-state index in [4.69, 9.17) is 10.5 Å². The molecule has 3 N–H and O–H groups in total. The van der Waals surface area contributed by atoms with E-state index in [9.17, 15) is 9.18 Å². The second kappa shape index (κ2) is 7.74. The highest BCUT2D eigenvalue weighted by Crippen LogP contribution is 2.17. The SMILES string of the molecule is CCC(CC)NC(=O)COc1ccc(CN)cc1F. The summed E-state index contributed by atoms with van der Waals surface area (Å²) in [4.78, 5) is 11.6. The predicted molar refractivity (Wildman–Crippen MR) is 72.3 cm³/mol. The molecule has 0 heterocycles. The number of nitrogens with two attached hydrogens (primary N) is 1. The molecule has 1 amide bonds. The molecule has 19 heavy (non-hydrogen) atoms. The third-order valence-corrected chi connectivity index (χ3v) is 2.94. The van der Waals surface area contributed by atoms with E-state index in [1.807, 2.05) is 13.8 Å². The van der Waals surface area contributed by atoms with Gasteiger partial charge in [0.25, 0.3) is 5.91 Å². The molecule has 4 nitrogen and oxygen atoms in total. The van der Waals surface area contributed by atoms with Crippen LogP contribution >= 0.6 is 0 Å². The van der Waals surface area contributed by atoms with Crippen molar-refractivity contribution in [3.05, 3.63) is 29.6 Å². The average Bonchev–Trinajstić information content (AvgIpc) is 2.43. The van der Waals surface area contributed by atoms with Gasteiger partial charge in [0.2, 0.25) is 0 Å². The summed E-state index contributed by atoms with van der Waals surface area (Å²) in [5.41, 5.74) is 6.09. The van der Waals surface area contributed by atoms with Gasteiger partial charge in [-0.05, 0) is 30.5 Å². The van der Waals surface area contributed by atoms with E-state index >= 15 is 0 Å². The fraction of sp³-hybridized carbons (Fsp3) is 0.500. The first-order chi connectivity index (χ1) is 9.10. The lowest BCUT2D eigenvalue weighted by Crippen LogP contribution is -2.37. The van der Waals surface area contributed by atoms with Crippen molar-refractivity contribution in [3.63, 3.8) is 0 Å². The van der Waals surface area contributed by atoms with E-state index in [1.165, 1.54) is 12.1 Å². The van der Waals surface area contributed by atoms with Crippen LogP contribution in [0.4, 0.5) is 4.39 Å². The van der Waals surface area contributed by atoms with Crippen LogP contribution in [0.15, 0.2) is 18.2 Å². The molecule has 0 radical (unpaired) electrons. The Bertz CT molecular complexity index is 420. The molecule has 0 spiro atoms. The van der Waals surface area contributed by atoms with Crippen molar-refractivity contribution >= 4 is 5.91 Å². The van der Waals surface area contributed by atoms with E-state index < -0.39 is 5.82 Å². The molecule has 0 saturated carbocycles. The summed E-state index contributed by atoms with van der Waals surface area (Å²) in [7, 11) is 0. The number of carbonyl (C=O) groups excluding carboxylic acids is 1. The number of carbonyl (C=O) groups is 1. The molecule has 1 aromatic rings. The Labute approximate surface area is 113 Å². The first kappa shape index (κ1) is 15.4. The quantitative estimate of drug-likeness (QED) is 0.794. The lowest BCUT2D eigenvalue weighted by molar-refractivity contribution is -0.123. The molecule has 0 saturated heterocycles. The first-order valence-corrected chi connectivity index (χ1v) is 6.51. The van der Waals surface area contributed by atoms with Crippen LogP contribution < -0.4 is 15.8 Å². The van der Waals surface area contributed by atoms with Gasteiger partial charge in [-0.3, -0.25) is 4.79 Å². The topological polar surface area (TPSA) is 64.3 Å². The van der Waals surface area contributed by atoms with Crippen LogP contribution in [0.3, 0.4) is 0 Å². The summed E-state index contributed by atoms with van der Waals surface area (Å²) < 4.78 is 18.7. The van der Waals surface area contributed by atoms with Gasteiger partial charge in [-0.2, -0.15) is 0 Å². The van der Waals surface area contributed by atoms with Gasteiger partial charge in [0, 0.05) is 12.6 Å². The number of hydrogen-bond acceptors (Lipinski definition) is 3. The zero-order chi connectivity index (χ0) is 14.3. The number of nitrogens with one attached hydrogen (secondary N) is 1. The molecular weight excluding hydrogens is 247 g/mol. The number of rotatable bonds is 7. The molecule has 5 heteroatoms. The van der Waals surface area contributed by atoms with Crippen molar-refractivity contribution in [1.29, 1.82) is 0 Å². The van der Waals surface area contributed by atoms with Crippen molar-refractivity contribution in [2.45, 2.75) is 39.3 Å². The summed E-state index contributed by atoms with van der Waals surface area (Å²) in [6.07, 6.45) is 1.73. The Kier molecular flexibility index (Phi) is 6.29. The zero-order valence-corrected chi connectivity index (χ0v) is 11.4. The van der Waals surface area contributed by atoms with E-state index in [1.54, 1.807) is 6.07 Å². The van der Waals surface area contributed by atoms with E-state index in [2.05, 4.69) is 5.32 Å². The lowest BCUT2D eigenvalue weighted by atomic mass is 10.2. The van der Waals surface area contributed by atoms with Gasteiger partial charge in [-0.15, -0.1) is 0 Å². The van der Waals surface area contributed by atoms with Crippen LogP contribution in [0.5, 0.6) is 5.75 Å². The van der Waals surface area contributed by atoms with Crippen molar-refractivity contribution in [3.8, 4) is 5.75 Å². The fourth-order valence-corrected chi connectivity index (χ4v) is 1.69. The predicted octanol–water partition coefficient (Wildman–Crippen LogP) is 1.97.